The van der Waals surface area contributed by atoms with E-state index >= 15 is 0 Å². The lowest BCUT2D eigenvalue weighted by atomic mass is 10.1. The maximum atomic E-state index is 12.3. The summed E-state index contributed by atoms with van der Waals surface area (Å²) in [4.78, 5) is 22.4. The van der Waals surface area contributed by atoms with Crippen molar-refractivity contribution in [1.82, 2.24) is 14.9 Å². The fourth-order valence-corrected chi connectivity index (χ4v) is 3.08. The summed E-state index contributed by atoms with van der Waals surface area (Å²) in [6.45, 7) is 3.93. The number of rotatable bonds is 5. The van der Waals surface area contributed by atoms with Crippen molar-refractivity contribution in [3.63, 3.8) is 0 Å². The number of aryl methyl sites for hydroxylation is 2. The largest absolute Gasteiger partial charge is 0.449 e. The van der Waals surface area contributed by atoms with Crippen LogP contribution in [0.3, 0.4) is 0 Å². The number of aromatic nitrogens is 2. The zero-order valence-corrected chi connectivity index (χ0v) is 14.8. The minimum atomic E-state index is -0.220. The quantitative estimate of drug-likeness (QED) is 0.785. The highest BCUT2D eigenvalue weighted by atomic mass is 16.6. The Morgan fingerprint density at radius 1 is 1.16 bits per heavy atom. The van der Waals surface area contributed by atoms with Crippen molar-refractivity contribution in [3.05, 3.63) is 59.2 Å². The third-order valence-electron chi connectivity index (χ3n) is 4.68. The normalized spacial score (nSPS) is 13.9. The van der Waals surface area contributed by atoms with E-state index in [9.17, 15) is 4.79 Å². The lowest BCUT2D eigenvalue weighted by molar-refractivity contribution is 0.103. The van der Waals surface area contributed by atoms with E-state index in [0.717, 1.165) is 43.4 Å². The van der Waals surface area contributed by atoms with Crippen molar-refractivity contribution in [2.75, 3.05) is 19.7 Å². The van der Waals surface area contributed by atoms with Crippen LogP contribution in [0.25, 0.3) is 0 Å². The van der Waals surface area contributed by atoms with Crippen molar-refractivity contribution in [3.8, 4) is 0 Å². The standard InChI is InChI=1S/C20H25N3O2/c1-2-16-5-7-17(8-6-16)4-3-13-25-20(24)23-11-9-18-14-21-15-22-19(18)10-12-23/h5-8,14-15H,2-4,9-13H2,1H3. The molecule has 0 saturated carbocycles. The SMILES string of the molecule is CCc1ccc(CCCOC(=O)N2CCc3cncnc3CC2)cc1. The van der Waals surface area contributed by atoms with Gasteiger partial charge in [-0.25, -0.2) is 14.8 Å². The molecule has 1 aliphatic heterocycles. The number of amides is 1. The average molecular weight is 339 g/mol. The molecule has 0 atom stereocenters. The molecule has 0 spiro atoms. The summed E-state index contributed by atoms with van der Waals surface area (Å²) < 4.78 is 5.45. The van der Waals surface area contributed by atoms with Gasteiger partial charge in [0, 0.05) is 31.4 Å². The van der Waals surface area contributed by atoms with Crippen LogP contribution in [0.1, 0.15) is 35.7 Å². The molecule has 132 valence electrons. The van der Waals surface area contributed by atoms with Gasteiger partial charge in [-0.05, 0) is 42.4 Å². The summed E-state index contributed by atoms with van der Waals surface area (Å²) in [7, 11) is 0. The van der Waals surface area contributed by atoms with Gasteiger partial charge >= 0.3 is 6.09 Å². The van der Waals surface area contributed by atoms with Crippen LogP contribution >= 0.6 is 0 Å². The summed E-state index contributed by atoms with van der Waals surface area (Å²) in [5.41, 5.74) is 4.81. The fourth-order valence-electron chi connectivity index (χ4n) is 3.08. The van der Waals surface area contributed by atoms with Gasteiger partial charge in [0.15, 0.2) is 0 Å². The minimum Gasteiger partial charge on any atom is -0.449 e. The first-order valence-corrected chi connectivity index (χ1v) is 9.03. The van der Waals surface area contributed by atoms with Crippen LogP contribution < -0.4 is 0 Å². The maximum absolute atomic E-state index is 12.3. The lowest BCUT2D eigenvalue weighted by Crippen LogP contribution is -2.34. The zero-order chi connectivity index (χ0) is 17.5. The van der Waals surface area contributed by atoms with Crippen molar-refractivity contribution < 1.29 is 9.53 Å². The first kappa shape index (κ1) is 17.4. The molecule has 0 radical (unpaired) electrons. The van der Waals surface area contributed by atoms with Gasteiger partial charge in [0.05, 0.1) is 6.61 Å². The van der Waals surface area contributed by atoms with Crippen molar-refractivity contribution in [2.45, 2.75) is 39.0 Å². The molecule has 5 nitrogen and oxygen atoms in total. The third kappa shape index (κ3) is 4.78. The van der Waals surface area contributed by atoms with Gasteiger partial charge in [-0.1, -0.05) is 31.2 Å². The van der Waals surface area contributed by atoms with Crippen molar-refractivity contribution in [2.24, 2.45) is 0 Å². The maximum Gasteiger partial charge on any atom is 0.409 e. The Morgan fingerprint density at radius 2 is 1.92 bits per heavy atom. The van der Waals surface area contributed by atoms with E-state index in [2.05, 4.69) is 41.2 Å². The second-order valence-electron chi connectivity index (χ2n) is 6.37. The minimum absolute atomic E-state index is 0.220. The smallest absolute Gasteiger partial charge is 0.409 e. The van der Waals surface area contributed by atoms with Crippen LogP contribution in [0.4, 0.5) is 4.79 Å². The molecule has 1 aromatic heterocycles. The Hall–Kier alpha value is -2.43. The summed E-state index contributed by atoms with van der Waals surface area (Å²) in [6, 6.07) is 8.65. The third-order valence-corrected chi connectivity index (χ3v) is 4.68. The molecule has 0 bridgehead atoms. The summed E-state index contributed by atoms with van der Waals surface area (Å²) in [5.74, 6) is 0. The second kappa shape index (κ2) is 8.60. The van der Waals surface area contributed by atoms with Crippen molar-refractivity contribution in [1.29, 1.82) is 0 Å². The predicted octanol–water partition coefficient (Wildman–Crippen LogP) is 3.21. The Morgan fingerprint density at radius 3 is 2.72 bits per heavy atom. The van der Waals surface area contributed by atoms with Gasteiger partial charge in [-0.15, -0.1) is 0 Å². The molecule has 2 aromatic rings. The van der Waals surface area contributed by atoms with E-state index in [1.54, 1.807) is 11.2 Å². The zero-order valence-electron chi connectivity index (χ0n) is 14.8. The first-order chi connectivity index (χ1) is 12.3. The fraction of sp³-hybridized carbons (Fsp3) is 0.450. The van der Waals surface area contributed by atoms with Crippen LogP contribution in [0.2, 0.25) is 0 Å². The molecule has 1 aliphatic rings. The van der Waals surface area contributed by atoms with Gasteiger partial charge in [-0.3, -0.25) is 0 Å². The number of hydrogen-bond donors (Lipinski definition) is 0. The van der Waals surface area contributed by atoms with Gasteiger partial charge < -0.3 is 9.64 Å². The average Bonchev–Trinajstić information content (AvgIpc) is 2.88. The van der Waals surface area contributed by atoms with Crippen molar-refractivity contribution >= 4 is 6.09 Å². The molecule has 0 aliphatic carbocycles. The number of carbonyl (C=O) groups is 1. The molecular formula is C20H25N3O2. The molecule has 0 N–H and O–H groups in total. The highest BCUT2D eigenvalue weighted by Gasteiger charge is 2.20. The van der Waals surface area contributed by atoms with E-state index < -0.39 is 0 Å². The molecular weight excluding hydrogens is 314 g/mol. The van der Waals surface area contributed by atoms with Crippen LogP contribution in [-0.4, -0.2) is 40.7 Å². The summed E-state index contributed by atoms with van der Waals surface area (Å²) in [6.07, 6.45) is 7.58. The Labute approximate surface area is 149 Å². The van der Waals surface area contributed by atoms with Crippen LogP contribution in [0.5, 0.6) is 0 Å². The van der Waals surface area contributed by atoms with E-state index in [4.69, 9.17) is 4.74 Å². The molecule has 25 heavy (non-hydrogen) atoms. The van der Waals surface area contributed by atoms with E-state index in [1.165, 1.54) is 11.1 Å². The molecule has 0 unspecified atom stereocenters. The molecule has 3 rings (SSSR count). The second-order valence-corrected chi connectivity index (χ2v) is 6.37. The highest BCUT2D eigenvalue weighted by molar-refractivity contribution is 5.67. The molecule has 2 heterocycles. The topological polar surface area (TPSA) is 55.3 Å². The molecule has 0 fully saturated rings. The van der Waals surface area contributed by atoms with Gasteiger partial charge in [-0.2, -0.15) is 0 Å². The number of hydrogen-bond acceptors (Lipinski definition) is 4. The van der Waals surface area contributed by atoms with Gasteiger partial charge in [0.2, 0.25) is 0 Å². The molecule has 1 aromatic carbocycles. The Bertz CT molecular complexity index is 673. The molecule has 0 saturated heterocycles. The van der Waals surface area contributed by atoms with Crippen LogP contribution in [0.15, 0.2) is 36.8 Å². The lowest BCUT2D eigenvalue weighted by Gasteiger charge is -2.19. The predicted molar refractivity (Wildman–Crippen MR) is 96.5 cm³/mol. The Balaban J connectivity index is 1.40. The monoisotopic (exact) mass is 339 g/mol. The first-order valence-electron chi connectivity index (χ1n) is 9.03. The summed E-state index contributed by atoms with van der Waals surface area (Å²) >= 11 is 0. The number of ether oxygens (including phenoxy) is 1. The molecule has 1 amide bonds. The van der Waals surface area contributed by atoms with Gasteiger partial charge in [0.25, 0.3) is 0 Å². The number of fused-ring (bicyclic) bond motifs is 1. The Kier molecular flexibility index (Phi) is 5.99. The van der Waals surface area contributed by atoms with E-state index in [-0.39, 0.29) is 6.09 Å². The number of carbonyl (C=O) groups excluding carboxylic acids is 1. The van der Waals surface area contributed by atoms with Crippen LogP contribution in [0, 0.1) is 0 Å². The summed E-state index contributed by atoms with van der Waals surface area (Å²) in [5, 5.41) is 0. The number of nitrogens with zero attached hydrogens (tertiary/aromatic N) is 3. The van der Waals surface area contributed by atoms with Gasteiger partial charge in [0.1, 0.15) is 6.33 Å². The van der Waals surface area contributed by atoms with Crippen LogP contribution in [-0.2, 0) is 30.4 Å². The van der Waals surface area contributed by atoms with E-state index in [1.807, 2.05) is 6.20 Å². The highest BCUT2D eigenvalue weighted by Crippen LogP contribution is 2.13. The molecule has 5 heteroatoms. The number of benzene rings is 1. The van der Waals surface area contributed by atoms with E-state index in [0.29, 0.717) is 19.7 Å².